The van der Waals surface area contributed by atoms with Crippen LogP contribution in [0.1, 0.15) is 54.3 Å². The number of aryl methyl sites for hydroxylation is 1. The minimum atomic E-state index is -0.259. The Balaban J connectivity index is 1.88. The number of rotatable bonds is 3. The summed E-state index contributed by atoms with van der Waals surface area (Å²) < 4.78 is 2.41. The van der Waals surface area contributed by atoms with E-state index in [9.17, 15) is 5.11 Å². The molecular weight excluding hydrogens is 246 g/mol. The van der Waals surface area contributed by atoms with Crippen molar-refractivity contribution in [2.45, 2.75) is 51.7 Å². The molecule has 1 N–H and O–H groups in total. The Kier molecular flexibility index (Phi) is 3.66. The molecule has 0 bridgehead atoms. The van der Waals surface area contributed by atoms with Gasteiger partial charge in [-0.1, -0.05) is 37.3 Å². The van der Waals surface area contributed by atoms with Crippen LogP contribution in [-0.2, 0) is 13.0 Å². The van der Waals surface area contributed by atoms with Crippen LogP contribution in [0.2, 0.25) is 0 Å². The molecule has 20 heavy (non-hydrogen) atoms. The molecule has 0 saturated heterocycles. The summed E-state index contributed by atoms with van der Waals surface area (Å²) in [7, 11) is 0. The fourth-order valence-electron chi connectivity index (χ4n) is 3.36. The summed E-state index contributed by atoms with van der Waals surface area (Å²) in [6, 6.07) is 12.9. The van der Waals surface area contributed by atoms with Gasteiger partial charge in [0.25, 0.3) is 0 Å². The van der Waals surface area contributed by atoms with E-state index in [0.29, 0.717) is 5.92 Å². The molecule has 2 unspecified atom stereocenters. The van der Waals surface area contributed by atoms with Gasteiger partial charge in [-0.2, -0.15) is 0 Å². The summed E-state index contributed by atoms with van der Waals surface area (Å²) in [6.45, 7) is 5.43. The summed E-state index contributed by atoms with van der Waals surface area (Å²) in [5, 5.41) is 10.1. The number of aliphatic hydroxyl groups excluding tert-OH is 1. The third kappa shape index (κ3) is 2.40. The van der Waals surface area contributed by atoms with Crippen LogP contribution < -0.4 is 0 Å². The van der Waals surface area contributed by atoms with Gasteiger partial charge in [0.05, 0.1) is 6.10 Å². The molecule has 0 fully saturated rings. The quantitative estimate of drug-likeness (QED) is 0.896. The van der Waals surface area contributed by atoms with Gasteiger partial charge in [-0.15, -0.1) is 0 Å². The zero-order valence-corrected chi connectivity index (χ0v) is 12.3. The van der Waals surface area contributed by atoms with E-state index in [4.69, 9.17) is 0 Å². The number of nitrogens with zero attached hydrogens (tertiary/aromatic N) is 1. The molecule has 2 nitrogen and oxygen atoms in total. The number of benzene rings is 1. The fraction of sp³-hybridized carbons (Fsp3) is 0.444. The van der Waals surface area contributed by atoms with Crippen LogP contribution >= 0.6 is 0 Å². The molecule has 1 aromatic carbocycles. The van der Waals surface area contributed by atoms with Crippen LogP contribution in [0.4, 0.5) is 0 Å². The minimum absolute atomic E-state index is 0.259. The molecule has 1 aliphatic carbocycles. The van der Waals surface area contributed by atoms with E-state index in [1.165, 1.54) is 17.0 Å². The van der Waals surface area contributed by atoms with Gasteiger partial charge in [-0.3, -0.25) is 0 Å². The normalized spacial score (nSPS) is 19.6. The topological polar surface area (TPSA) is 25.2 Å². The van der Waals surface area contributed by atoms with Gasteiger partial charge >= 0.3 is 0 Å². The zero-order valence-electron chi connectivity index (χ0n) is 12.3. The highest BCUT2D eigenvalue weighted by atomic mass is 16.3. The molecule has 3 rings (SSSR count). The van der Waals surface area contributed by atoms with Crippen LogP contribution in [0.3, 0.4) is 0 Å². The lowest BCUT2D eigenvalue weighted by Gasteiger charge is -2.22. The largest absolute Gasteiger partial charge is 0.388 e. The van der Waals surface area contributed by atoms with Gasteiger partial charge in [-0.25, -0.2) is 0 Å². The lowest BCUT2D eigenvalue weighted by molar-refractivity contribution is 0.155. The van der Waals surface area contributed by atoms with E-state index in [-0.39, 0.29) is 6.10 Å². The number of aliphatic hydroxyl groups is 1. The summed E-state index contributed by atoms with van der Waals surface area (Å²) >= 11 is 0. The Bertz CT molecular complexity index is 585. The highest BCUT2D eigenvalue weighted by molar-refractivity contribution is 5.32. The molecule has 0 radical (unpaired) electrons. The maximum atomic E-state index is 10.1. The number of hydrogen-bond donors (Lipinski definition) is 1. The third-order valence-corrected chi connectivity index (χ3v) is 4.52. The van der Waals surface area contributed by atoms with E-state index in [1.807, 2.05) is 0 Å². The van der Waals surface area contributed by atoms with Crippen LogP contribution in [0.5, 0.6) is 0 Å². The second kappa shape index (κ2) is 5.45. The molecule has 1 aromatic heterocycles. The van der Waals surface area contributed by atoms with Gasteiger partial charge in [0, 0.05) is 23.5 Å². The van der Waals surface area contributed by atoms with E-state index in [2.05, 4.69) is 54.8 Å². The average molecular weight is 269 g/mol. The Morgan fingerprint density at radius 3 is 2.80 bits per heavy atom. The van der Waals surface area contributed by atoms with E-state index in [1.54, 1.807) is 0 Å². The van der Waals surface area contributed by atoms with Gasteiger partial charge in [0.1, 0.15) is 0 Å². The summed E-state index contributed by atoms with van der Waals surface area (Å²) in [5.74, 6) is 0.491. The predicted octanol–water partition coefficient (Wildman–Crippen LogP) is 3.97. The van der Waals surface area contributed by atoms with E-state index in [0.717, 1.165) is 31.4 Å². The van der Waals surface area contributed by atoms with E-state index >= 15 is 0 Å². The maximum absolute atomic E-state index is 10.1. The molecule has 1 heterocycles. The number of fused-ring (bicyclic) bond motifs is 1. The van der Waals surface area contributed by atoms with Gasteiger partial charge in [-0.05, 0) is 43.7 Å². The van der Waals surface area contributed by atoms with Crippen molar-refractivity contribution in [3.63, 3.8) is 0 Å². The highest BCUT2D eigenvalue weighted by Crippen LogP contribution is 2.33. The van der Waals surface area contributed by atoms with Crippen LogP contribution in [-0.4, -0.2) is 9.67 Å². The van der Waals surface area contributed by atoms with Gasteiger partial charge < -0.3 is 9.67 Å². The second-order valence-corrected chi connectivity index (χ2v) is 6.02. The van der Waals surface area contributed by atoms with Gasteiger partial charge in [0.15, 0.2) is 0 Å². The number of hydrogen-bond acceptors (Lipinski definition) is 1. The van der Waals surface area contributed by atoms with Crippen molar-refractivity contribution in [1.29, 1.82) is 0 Å². The standard InChI is InChI=1S/C18H23NO/c1-13(15-7-4-3-5-8-15)12-19-14(2)11-16-17(19)9-6-10-18(16)20/h3-5,7-8,11,13,18,20H,6,9-10,12H2,1-2H3. The smallest absolute Gasteiger partial charge is 0.0807 e. The molecule has 0 aliphatic heterocycles. The Hall–Kier alpha value is -1.54. The SMILES string of the molecule is Cc1cc2c(n1CC(C)c1ccccc1)CCCC2O. The molecule has 2 heteroatoms. The molecule has 0 saturated carbocycles. The second-order valence-electron chi connectivity index (χ2n) is 6.02. The lowest BCUT2D eigenvalue weighted by Crippen LogP contribution is -2.15. The van der Waals surface area contributed by atoms with Crippen LogP contribution in [0.15, 0.2) is 36.4 Å². The first-order valence-corrected chi connectivity index (χ1v) is 7.58. The van der Waals surface area contributed by atoms with Gasteiger partial charge in [0.2, 0.25) is 0 Å². The maximum Gasteiger partial charge on any atom is 0.0807 e. The van der Waals surface area contributed by atoms with Crippen molar-refractivity contribution in [2.75, 3.05) is 0 Å². The summed E-state index contributed by atoms with van der Waals surface area (Å²) in [5.41, 5.74) is 5.17. The van der Waals surface area contributed by atoms with Crippen molar-refractivity contribution >= 4 is 0 Å². The first kappa shape index (κ1) is 13.4. The lowest BCUT2D eigenvalue weighted by atomic mass is 9.95. The van der Waals surface area contributed by atoms with Crippen LogP contribution in [0, 0.1) is 6.92 Å². The Morgan fingerprint density at radius 2 is 2.05 bits per heavy atom. The zero-order chi connectivity index (χ0) is 14.1. The molecule has 1 aliphatic rings. The fourth-order valence-corrected chi connectivity index (χ4v) is 3.36. The Labute approximate surface area is 121 Å². The third-order valence-electron chi connectivity index (χ3n) is 4.52. The first-order valence-electron chi connectivity index (χ1n) is 7.58. The molecule has 0 spiro atoms. The molecular formula is C18H23NO. The molecule has 106 valence electrons. The van der Waals surface area contributed by atoms with Crippen molar-refractivity contribution in [1.82, 2.24) is 4.57 Å². The molecule has 2 aromatic rings. The van der Waals surface area contributed by atoms with Crippen molar-refractivity contribution in [3.8, 4) is 0 Å². The number of aromatic nitrogens is 1. The van der Waals surface area contributed by atoms with Crippen LogP contribution in [0.25, 0.3) is 0 Å². The average Bonchev–Trinajstić information content (AvgIpc) is 2.78. The first-order chi connectivity index (χ1) is 9.66. The summed E-state index contributed by atoms with van der Waals surface area (Å²) in [4.78, 5) is 0. The summed E-state index contributed by atoms with van der Waals surface area (Å²) in [6.07, 6.45) is 2.84. The van der Waals surface area contributed by atoms with E-state index < -0.39 is 0 Å². The molecule has 2 atom stereocenters. The van der Waals surface area contributed by atoms with Crippen molar-refractivity contribution < 1.29 is 5.11 Å². The minimum Gasteiger partial charge on any atom is -0.388 e. The molecule has 0 amide bonds. The highest BCUT2D eigenvalue weighted by Gasteiger charge is 2.23. The van der Waals surface area contributed by atoms with Crippen molar-refractivity contribution in [3.05, 3.63) is 58.9 Å². The predicted molar refractivity (Wildman–Crippen MR) is 81.9 cm³/mol. The monoisotopic (exact) mass is 269 g/mol. The van der Waals surface area contributed by atoms with Crippen molar-refractivity contribution in [2.24, 2.45) is 0 Å². The Morgan fingerprint density at radius 1 is 1.30 bits per heavy atom.